The zero-order valence-electron chi connectivity index (χ0n) is 8.21. The van der Waals surface area contributed by atoms with Crippen LogP contribution in [0.25, 0.3) is 0 Å². The quantitative estimate of drug-likeness (QED) is 0.664. The smallest absolute Gasteiger partial charge is 0.0448 e. The Hall–Kier alpha value is -0.120. The molecule has 76 valence electrons. The summed E-state index contributed by atoms with van der Waals surface area (Å²) >= 11 is 0. The van der Waals surface area contributed by atoms with Gasteiger partial charge in [0, 0.05) is 31.3 Å². The molecule has 13 heavy (non-hydrogen) atoms. The lowest BCUT2D eigenvalue weighted by Gasteiger charge is -2.39. The summed E-state index contributed by atoms with van der Waals surface area (Å²) in [5.41, 5.74) is 6.10. The van der Waals surface area contributed by atoms with Gasteiger partial charge in [-0.3, -0.25) is 0 Å². The Morgan fingerprint density at radius 1 is 1.31 bits per heavy atom. The van der Waals surface area contributed by atoms with Crippen LogP contribution in [0, 0.1) is 0 Å². The number of hydrogen-bond acceptors (Lipinski definition) is 3. The van der Waals surface area contributed by atoms with E-state index in [-0.39, 0.29) is 12.1 Å². The van der Waals surface area contributed by atoms with Crippen molar-refractivity contribution in [1.82, 2.24) is 4.90 Å². The molecule has 1 aliphatic heterocycles. The number of aliphatic hydroxyl groups excluding tert-OH is 1. The number of rotatable bonds is 3. The maximum Gasteiger partial charge on any atom is 0.0448 e. The van der Waals surface area contributed by atoms with Gasteiger partial charge < -0.3 is 15.7 Å². The van der Waals surface area contributed by atoms with Crippen molar-refractivity contribution in [2.75, 3.05) is 19.7 Å². The van der Waals surface area contributed by atoms with Crippen LogP contribution in [0.3, 0.4) is 0 Å². The van der Waals surface area contributed by atoms with E-state index in [1.54, 1.807) is 0 Å². The van der Waals surface area contributed by atoms with Crippen LogP contribution < -0.4 is 5.73 Å². The molecule has 1 aliphatic carbocycles. The summed E-state index contributed by atoms with van der Waals surface area (Å²) in [5.74, 6) is 0. The highest BCUT2D eigenvalue weighted by molar-refractivity contribution is 4.94. The third kappa shape index (κ3) is 2.22. The van der Waals surface area contributed by atoms with Crippen molar-refractivity contribution < 1.29 is 5.11 Å². The largest absolute Gasteiger partial charge is 0.396 e. The average Bonchev–Trinajstić information content (AvgIpc) is 2.89. The Morgan fingerprint density at radius 3 is 2.38 bits per heavy atom. The first-order chi connectivity index (χ1) is 6.23. The lowest BCUT2D eigenvalue weighted by molar-refractivity contribution is 0.130. The summed E-state index contributed by atoms with van der Waals surface area (Å²) in [5, 5.41) is 8.88. The topological polar surface area (TPSA) is 49.5 Å². The molecule has 2 rings (SSSR count). The summed E-state index contributed by atoms with van der Waals surface area (Å²) in [6.45, 7) is 2.52. The van der Waals surface area contributed by atoms with Gasteiger partial charge in [0.05, 0.1) is 0 Å². The molecule has 0 radical (unpaired) electrons. The van der Waals surface area contributed by atoms with Crippen LogP contribution in [-0.4, -0.2) is 41.3 Å². The van der Waals surface area contributed by atoms with Crippen LogP contribution in [0.2, 0.25) is 0 Å². The lowest BCUT2D eigenvalue weighted by atomic mass is 9.86. The molecule has 1 heterocycles. The second kappa shape index (κ2) is 3.56. The van der Waals surface area contributed by atoms with Gasteiger partial charge in [-0.25, -0.2) is 0 Å². The fourth-order valence-electron chi connectivity index (χ4n) is 2.25. The molecule has 3 nitrogen and oxygen atoms in total. The minimum Gasteiger partial charge on any atom is -0.396 e. The highest BCUT2D eigenvalue weighted by Gasteiger charge is 2.36. The van der Waals surface area contributed by atoms with Gasteiger partial charge in [-0.05, 0) is 32.1 Å². The van der Waals surface area contributed by atoms with E-state index in [2.05, 4.69) is 4.90 Å². The first-order valence-electron chi connectivity index (χ1n) is 5.37. The fourth-order valence-corrected chi connectivity index (χ4v) is 2.25. The van der Waals surface area contributed by atoms with Crippen molar-refractivity contribution >= 4 is 0 Å². The number of piperidine rings is 1. The summed E-state index contributed by atoms with van der Waals surface area (Å²) < 4.78 is 0. The predicted octanol–water partition coefficient (Wildman–Crippen LogP) is 0.324. The Labute approximate surface area is 79.9 Å². The van der Waals surface area contributed by atoms with Crippen LogP contribution >= 0.6 is 0 Å². The van der Waals surface area contributed by atoms with Crippen molar-refractivity contribution in [1.29, 1.82) is 0 Å². The molecule has 1 saturated heterocycles. The van der Waals surface area contributed by atoms with Crippen LogP contribution in [0.5, 0.6) is 0 Å². The highest BCUT2D eigenvalue weighted by Crippen LogP contribution is 2.32. The van der Waals surface area contributed by atoms with Crippen molar-refractivity contribution in [2.45, 2.75) is 43.7 Å². The molecule has 2 fully saturated rings. The van der Waals surface area contributed by atoms with E-state index in [0.29, 0.717) is 0 Å². The molecule has 0 spiro atoms. The summed E-state index contributed by atoms with van der Waals surface area (Å²) in [6, 6.07) is 0.874. The molecule has 1 saturated carbocycles. The molecule has 0 amide bonds. The monoisotopic (exact) mass is 184 g/mol. The third-order valence-corrected chi connectivity index (χ3v) is 3.47. The number of likely N-dealkylation sites (tertiary alicyclic amines) is 1. The van der Waals surface area contributed by atoms with Gasteiger partial charge in [0.2, 0.25) is 0 Å². The van der Waals surface area contributed by atoms with E-state index in [1.165, 1.54) is 12.8 Å². The van der Waals surface area contributed by atoms with Gasteiger partial charge in [-0.15, -0.1) is 0 Å². The first-order valence-corrected chi connectivity index (χ1v) is 5.37. The molecule has 0 atom stereocenters. The second-order valence-electron chi connectivity index (χ2n) is 4.60. The van der Waals surface area contributed by atoms with Gasteiger partial charge in [-0.1, -0.05) is 0 Å². The Balaban J connectivity index is 1.80. The number of hydrogen-bond donors (Lipinski definition) is 2. The highest BCUT2D eigenvalue weighted by atomic mass is 16.3. The van der Waals surface area contributed by atoms with Crippen LogP contribution in [0.15, 0.2) is 0 Å². The Kier molecular flexibility index (Phi) is 2.58. The van der Waals surface area contributed by atoms with Gasteiger partial charge in [0.25, 0.3) is 0 Å². The maximum absolute atomic E-state index is 8.88. The minimum absolute atomic E-state index is 0.0693. The molecule has 0 unspecified atom stereocenters. The Bertz CT molecular complexity index is 172. The van der Waals surface area contributed by atoms with Crippen molar-refractivity contribution in [3.05, 3.63) is 0 Å². The molecule has 0 aromatic carbocycles. The molecular weight excluding hydrogens is 164 g/mol. The van der Waals surface area contributed by atoms with Gasteiger partial charge in [0.15, 0.2) is 0 Å². The molecule has 0 aromatic heterocycles. The third-order valence-electron chi connectivity index (χ3n) is 3.47. The summed E-state index contributed by atoms with van der Waals surface area (Å²) in [4.78, 5) is 2.56. The first kappa shape index (κ1) is 9.44. The van der Waals surface area contributed by atoms with E-state index >= 15 is 0 Å². The maximum atomic E-state index is 8.88. The molecule has 0 bridgehead atoms. The summed E-state index contributed by atoms with van der Waals surface area (Å²) in [6.07, 6.45) is 5.66. The predicted molar refractivity (Wildman–Crippen MR) is 52.5 cm³/mol. The van der Waals surface area contributed by atoms with Crippen molar-refractivity contribution in [3.8, 4) is 0 Å². The normalized spacial score (nSPS) is 29.1. The summed E-state index contributed by atoms with van der Waals surface area (Å²) in [7, 11) is 0. The van der Waals surface area contributed by atoms with Crippen molar-refractivity contribution in [2.24, 2.45) is 5.73 Å². The minimum atomic E-state index is -0.0693. The fraction of sp³-hybridized carbons (Fsp3) is 1.00. The van der Waals surface area contributed by atoms with E-state index in [9.17, 15) is 0 Å². The van der Waals surface area contributed by atoms with Gasteiger partial charge >= 0.3 is 0 Å². The van der Waals surface area contributed by atoms with Gasteiger partial charge in [-0.2, -0.15) is 0 Å². The Morgan fingerprint density at radius 2 is 1.92 bits per heavy atom. The van der Waals surface area contributed by atoms with E-state index < -0.39 is 0 Å². The van der Waals surface area contributed by atoms with E-state index in [0.717, 1.165) is 38.4 Å². The van der Waals surface area contributed by atoms with Gasteiger partial charge in [0.1, 0.15) is 0 Å². The number of aliphatic hydroxyl groups is 1. The molecular formula is C10H20N2O. The van der Waals surface area contributed by atoms with E-state index in [1.807, 2.05) is 0 Å². The molecule has 3 heteroatoms. The number of nitrogens with two attached hydrogens (primary N) is 1. The molecule has 2 aliphatic rings. The zero-order chi connectivity index (χ0) is 9.31. The average molecular weight is 184 g/mol. The van der Waals surface area contributed by atoms with E-state index in [4.69, 9.17) is 10.8 Å². The van der Waals surface area contributed by atoms with Crippen LogP contribution in [0.4, 0.5) is 0 Å². The molecule has 3 N–H and O–H groups in total. The standard InChI is InChI=1S/C10H20N2O/c11-10(5-8-13)3-6-12(7-4-10)9-1-2-9/h9,13H,1-8,11H2. The van der Waals surface area contributed by atoms with Crippen LogP contribution in [0.1, 0.15) is 32.1 Å². The van der Waals surface area contributed by atoms with Crippen LogP contribution in [-0.2, 0) is 0 Å². The lowest BCUT2D eigenvalue weighted by Crippen LogP contribution is -2.51. The second-order valence-corrected chi connectivity index (χ2v) is 4.60. The zero-order valence-corrected chi connectivity index (χ0v) is 8.21. The number of nitrogens with zero attached hydrogens (tertiary/aromatic N) is 1. The SMILES string of the molecule is NC1(CCO)CCN(C2CC2)CC1. The van der Waals surface area contributed by atoms with Crippen molar-refractivity contribution in [3.63, 3.8) is 0 Å². The molecule has 0 aromatic rings.